The van der Waals surface area contributed by atoms with Crippen LogP contribution in [-0.4, -0.2) is 77.0 Å². The summed E-state index contributed by atoms with van der Waals surface area (Å²) in [6, 6.07) is 15.3. The number of carbonyl (C=O) groups excluding carboxylic acids is 1. The molecule has 1 amide bonds. The van der Waals surface area contributed by atoms with Crippen LogP contribution in [-0.2, 0) is 32.0 Å². The second-order valence-corrected chi connectivity index (χ2v) is 14.1. The third kappa shape index (κ3) is 7.13. The van der Waals surface area contributed by atoms with Crippen molar-refractivity contribution in [3.05, 3.63) is 76.3 Å². The van der Waals surface area contributed by atoms with Gasteiger partial charge in [0.2, 0.25) is 11.9 Å². The van der Waals surface area contributed by atoms with E-state index in [-0.39, 0.29) is 54.9 Å². The van der Waals surface area contributed by atoms with Gasteiger partial charge in [-0.1, -0.05) is 48.5 Å². The van der Waals surface area contributed by atoms with Crippen molar-refractivity contribution in [2.75, 3.05) is 18.9 Å². The maximum Gasteiger partial charge on any atom is 0.481 e. The molecule has 0 saturated carbocycles. The fourth-order valence-electron chi connectivity index (χ4n) is 5.68. The zero-order valence-corrected chi connectivity index (χ0v) is 26.8. The van der Waals surface area contributed by atoms with E-state index in [1.807, 2.05) is 48.5 Å². The van der Waals surface area contributed by atoms with Gasteiger partial charge in [0.25, 0.3) is 5.56 Å². The lowest BCUT2D eigenvalue weighted by atomic mass is 10.1. The van der Waals surface area contributed by atoms with Crippen LogP contribution in [0.3, 0.4) is 0 Å². The molecule has 0 bridgehead atoms. The minimum atomic E-state index is -5.26. The number of hydrogen-bond acceptors (Lipinski definition) is 13. The van der Waals surface area contributed by atoms with Gasteiger partial charge in [0.15, 0.2) is 17.4 Å². The monoisotopic (exact) mass is 706 g/mol. The van der Waals surface area contributed by atoms with E-state index in [2.05, 4.69) is 24.6 Å². The number of benzene rings is 2. The minimum Gasteiger partial charge on any atom is -0.387 e. The number of aliphatic hydroxyl groups excluding tert-OH is 2. The van der Waals surface area contributed by atoms with Crippen LogP contribution in [0.15, 0.2) is 59.7 Å². The first-order valence-corrected chi connectivity index (χ1v) is 17.7. The molecule has 1 fully saturated rings. The Morgan fingerprint density at radius 1 is 1.00 bits per heavy atom. The largest absolute Gasteiger partial charge is 0.481 e. The van der Waals surface area contributed by atoms with E-state index in [0.717, 1.165) is 33.1 Å². The lowest BCUT2D eigenvalue weighted by Crippen LogP contribution is -2.33. The van der Waals surface area contributed by atoms with Crippen molar-refractivity contribution < 1.29 is 52.0 Å². The fraction of sp³-hybridized carbons (Fsp3) is 0.357. The number of hydrogen-bond donors (Lipinski definition) is 7. The lowest BCUT2D eigenvalue weighted by molar-refractivity contribution is -0.121. The predicted molar refractivity (Wildman–Crippen MR) is 167 cm³/mol. The average Bonchev–Trinajstić information content (AvgIpc) is 3.68. The van der Waals surface area contributed by atoms with E-state index in [9.17, 15) is 38.7 Å². The molecule has 6 atom stereocenters. The summed E-state index contributed by atoms with van der Waals surface area (Å²) in [6.45, 7) is -1.24. The number of carbonyl (C=O) groups is 1. The van der Waals surface area contributed by atoms with E-state index in [4.69, 9.17) is 19.5 Å². The molecule has 4 aromatic rings. The van der Waals surface area contributed by atoms with Crippen LogP contribution in [0.2, 0.25) is 0 Å². The molecule has 0 spiro atoms. The van der Waals surface area contributed by atoms with Gasteiger partial charge >= 0.3 is 15.6 Å². The highest BCUT2D eigenvalue weighted by molar-refractivity contribution is 7.61. The number of nitrogens with zero attached hydrogens (tertiary/aromatic N) is 3. The molecule has 18 nitrogen and oxygen atoms in total. The number of rotatable bonds is 13. The third-order valence-electron chi connectivity index (χ3n) is 7.86. The average molecular weight is 707 g/mol. The first kappa shape index (κ1) is 34.1. The standard InChI is InChI=1S/C28H32N6O12P2/c29-28-32-25-22(26(38)33-28)30-14-34(25)27-24(37)23(36)19(45-27)13-44-48(41,42)46-47(39,40)43-12-6-5-11-20(35)31-21-17-9-3-1-7-15(17)16-8-2-4-10-18(16)21/h1-4,7-10,14,19,21,23-24,27,36-37H,5-6,11-13H2,(H,31,35)(H,39,40)(H,41,42)(H3,29,32,33,38)/t19-,23-,24-,27-/m1/s1. The Morgan fingerprint density at radius 3 is 2.33 bits per heavy atom. The Hall–Kier alpha value is -3.80. The number of phosphoric ester groups is 2. The Bertz CT molecular complexity index is 1940. The van der Waals surface area contributed by atoms with E-state index in [0.29, 0.717) is 0 Å². The van der Waals surface area contributed by atoms with Gasteiger partial charge < -0.3 is 35.8 Å². The van der Waals surface area contributed by atoms with E-state index in [1.165, 1.54) is 0 Å². The van der Waals surface area contributed by atoms with Crippen molar-refractivity contribution in [3.63, 3.8) is 0 Å². The second kappa shape index (κ2) is 13.6. The number of nitrogen functional groups attached to an aromatic ring is 1. The molecule has 8 N–H and O–H groups in total. The first-order chi connectivity index (χ1) is 22.8. The zero-order chi connectivity index (χ0) is 34.2. The van der Waals surface area contributed by atoms with E-state index in [1.54, 1.807) is 0 Å². The topological polar surface area (TPSA) is 271 Å². The number of phosphoric acid groups is 2. The summed E-state index contributed by atoms with van der Waals surface area (Å²) in [5, 5.41) is 24.0. The molecule has 256 valence electrons. The van der Waals surface area contributed by atoms with Gasteiger partial charge in [-0.2, -0.15) is 9.29 Å². The number of aromatic amines is 1. The number of H-pyrrole nitrogens is 1. The number of fused-ring (bicyclic) bond motifs is 4. The molecule has 20 heteroatoms. The number of amides is 1. The summed E-state index contributed by atoms with van der Waals surface area (Å²) >= 11 is 0. The summed E-state index contributed by atoms with van der Waals surface area (Å²) in [5.74, 6) is -0.471. The summed E-state index contributed by atoms with van der Waals surface area (Å²) in [6.07, 6.45) is -4.45. The molecule has 6 rings (SSSR count). The number of aliphatic hydroxyl groups is 2. The van der Waals surface area contributed by atoms with Crippen molar-refractivity contribution >= 4 is 38.7 Å². The van der Waals surface area contributed by atoms with Gasteiger partial charge in [-0.05, 0) is 35.1 Å². The van der Waals surface area contributed by atoms with Gasteiger partial charge in [-0.3, -0.25) is 28.2 Å². The van der Waals surface area contributed by atoms with Crippen molar-refractivity contribution in [1.29, 1.82) is 0 Å². The molecule has 2 aliphatic rings. The van der Waals surface area contributed by atoms with E-state index >= 15 is 0 Å². The van der Waals surface area contributed by atoms with Crippen LogP contribution in [0.4, 0.5) is 5.95 Å². The number of nitrogens with one attached hydrogen (secondary N) is 2. The van der Waals surface area contributed by atoms with Gasteiger partial charge in [-0.15, -0.1) is 0 Å². The Morgan fingerprint density at radius 2 is 1.65 bits per heavy atom. The summed E-state index contributed by atoms with van der Waals surface area (Å²) in [4.78, 5) is 54.9. The number of unbranched alkanes of at least 4 members (excludes halogenated alkanes) is 1. The Kier molecular flexibility index (Phi) is 9.66. The summed E-state index contributed by atoms with van der Waals surface area (Å²) in [5.41, 5.74) is 8.82. The third-order valence-corrected chi connectivity index (χ3v) is 10.5. The summed E-state index contributed by atoms with van der Waals surface area (Å²) in [7, 11) is -10.4. The molecule has 3 heterocycles. The summed E-state index contributed by atoms with van der Waals surface area (Å²) < 4.78 is 45.3. The number of imidazole rings is 1. The highest BCUT2D eigenvalue weighted by atomic mass is 31.3. The number of aromatic nitrogens is 4. The molecule has 48 heavy (non-hydrogen) atoms. The van der Waals surface area contributed by atoms with Crippen molar-refractivity contribution in [1.82, 2.24) is 24.8 Å². The smallest absolute Gasteiger partial charge is 0.387 e. The maximum absolute atomic E-state index is 12.7. The SMILES string of the molecule is Nc1nc2c(ncn2[C@@H]2O[C@H](COP(=O)(O)OP(=O)(O)OCCCCC(=O)NC3c4ccccc4-c4ccccc43)[C@@H](O)[C@H]2O)c(=O)[nH]1. The van der Waals surface area contributed by atoms with Crippen molar-refractivity contribution in [2.24, 2.45) is 0 Å². The Labute approximate surface area is 271 Å². The molecule has 2 unspecified atom stereocenters. The quantitative estimate of drug-likeness (QED) is 0.0769. The molecule has 1 aliphatic carbocycles. The van der Waals surface area contributed by atoms with Crippen molar-refractivity contribution in [2.45, 2.75) is 49.8 Å². The van der Waals surface area contributed by atoms with Gasteiger partial charge in [-0.25, -0.2) is 14.1 Å². The van der Waals surface area contributed by atoms with Crippen LogP contribution in [0.1, 0.15) is 42.7 Å². The molecular formula is C28H32N6O12P2. The Balaban J connectivity index is 0.948. The first-order valence-electron chi connectivity index (χ1n) is 14.7. The zero-order valence-electron chi connectivity index (χ0n) is 25.0. The minimum absolute atomic E-state index is 0.0606. The molecule has 2 aromatic heterocycles. The molecule has 1 saturated heterocycles. The van der Waals surface area contributed by atoms with Gasteiger partial charge in [0, 0.05) is 6.42 Å². The normalized spacial score (nSPS) is 23.0. The van der Waals surface area contributed by atoms with E-state index < -0.39 is 52.4 Å². The number of ether oxygens (including phenoxy) is 1. The highest BCUT2D eigenvalue weighted by Crippen LogP contribution is 2.60. The lowest BCUT2D eigenvalue weighted by Gasteiger charge is -2.19. The molecule has 1 aliphatic heterocycles. The highest BCUT2D eigenvalue weighted by Gasteiger charge is 2.46. The molecular weight excluding hydrogens is 674 g/mol. The van der Waals surface area contributed by atoms with Crippen LogP contribution in [0, 0.1) is 0 Å². The fourth-order valence-corrected chi connectivity index (χ4v) is 7.80. The van der Waals surface area contributed by atoms with Crippen LogP contribution < -0.4 is 16.6 Å². The van der Waals surface area contributed by atoms with Crippen LogP contribution in [0.5, 0.6) is 0 Å². The number of anilines is 1. The van der Waals surface area contributed by atoms with Crippen molar-refractivity contribution in [3.8, 4) is 11.1 Å². The molecule has 0 radical (unpaired) electrons. The van der Waals surface area contributed by atoms with Gasteiger partial charge in [0.05, 0.1) is 25.6 Å². The van der Waals surface area contributed by atoms with Crippen LogP contribution in [0.25, 0.3) is 22.3 Å². The number of nitrogens with two attached hydrogens (primary N) is 1. The van der Waals surface area contributed by atoms with Gasteiger partial charge in [0.1, 0.15) is 18.3 Å². The van der Waals surface area contributed by atoms with Crippen LogP contribution >= 0.6 is 15.6 Å². The predicted octanol–water partition coefficient (Wildman–Crippen LogP) is 1.63. The maximum atomic E-state index is 12.7. The second-order valence-electron chi connectivity index (χ2n) is 11.1. The molecule has 2 aromatic carbocycles.